The Morgan fingerprint density at radius 1 is 1.26 bits per heavy atom. The Morgan fingerprint density at radius 2 is 2.13 bits per heavy atom. The Kier molecular flexibility index (Phi) is 6.92. The lowest BCUT2D eigenvalue weighted by Crippen LogP contribution is -2.49. The van der Waals surface area contributed by atoms with E-state index in [4.69, 9.17) is 4.74 Å². The number of hydrogen-bond acceptors (Lipinski definition) is 4. The van der Waals surface area contributed by atoms with E-state index in [0.29, 0.717) is 19.6 Å². The Morgan fingerprint density at radius 3 is 2.94 bits per heavy atom. The van der Waals surface area contributed by atoms with Crippen molar-refractivity contribution >= 4 is 23.2 Å². The van der Waals surface area contributed by atoms with E-state index >= 15 is 0 Å². The van der Waals surface area contributed by atoms with E-state index < -0.39 is 0 Å². The van der Waals surface area contributed by atoms with Crippen LogP contribution >= 0.6 is 11.3 Å². The SMILES string of the molecule is CN=C(NCCC(=O)N1CCc2sccc2C1)N1CCOC(c2ccc(C)cc2C)C1. The van der Waals surface area contributed by atoms with Crippen LogP contribution in [0.2, 0.25) is 0 Å². The number of guanidine groups is 1. The minimum absolute atomic E-state index is 0.0303. The van der Waals surface area contributed by atoms with E-state index in [1.165, 1.54) is 27.1 Å². The molecule has 166 valence electrons. The summed E-state index contributed by atoms with van der Waals surface area (Å²) in [5, 5.41) is 5.52. The van der Waals surface area contributed by atoms with Crippen molar-refractivity contribution in [2.75, 3.05) is 39.8 Å². The highest BCUT2D eigenvalue weighted by atomic mass is 32.1. The zero-order valence-electron chi connectivity index (χ0n) is 18.7. The fraction of sp³-hybridized carbons (Fsp3) is 0.500. The predicted octanol–water partition coefficient (Wildman–Crippen LogP) is 3.29. The van der Waals surface area contributed by atoms with Crippen LogP contribution in [0.3, 0.4) is 0 Å². The Labute approximate surface area is 188 Å². The normalized spacial score (nSPS) is 19.3. The van der Waals surface area contributed by atoms with Gasteiger partial charge in [0.1, 0.15) is 6.10 Å². The topological polar surface area (TPSA) is 57.2 Å². The molecule has 1 aromatic carbocycles. The van der Waals surface area contributed by atoms with Gasteiger partial charge in [-0.25, -0.2) is 0 Å². The maximum atomic E-state index is 12.7. The van der Waals surface area contributed by atoms with Crippen LogP contribution in [0.4, 0.5) is 0 Å². The summed E-state index contributed by atoms with van der Waals surface area (Å²) in [6.45, 7) is 8.62. The molecule has 4 rings (SSSR count). The van der Waals surface area contributed by atoms with Crippen LogP contribution in [0.1, 0.15) is 39.7 Å². The van der Waals surface area contributed by atoms with E-state index in [0.717, 1.165) is 38.6 Å². The summed E-state index contributed by atoms with van der Waals surface area (Å²) in [5.41, 5.74) is 5.06. The Bertz CT molecular complexity index is 955. The van der Waals surface area contributed by atoms with Crippen LogP contribution in [0.25, 0.3) is 0 Å². The van der Waals surface area contributed by atoms with E-state index in [9.17, 15) is 4.79 Å². The summed E-state index contributed by atoms with van der Waals surface area (Å²) in [7, 11) is 1.80. The third-order valence-electron chi connectivity index (χ3n) is 6.13. The summed E-state index contributed by atoms with van der Waals surface area (Å²) in [6, 6.07) is 8.66. The number of nitrogens with one attached hydrogen (secondary N) is 1. The molecule has 31 heavy (non-hydrogen) atoms. The number of aryl methyl sites for hydroxylation is 2. The van der Waals surface area contributed by atoms with Gasteiger partial charge in [0, 0.05) is 44.5 Å². The molecular formula is C24H32N4O2S. The van der Waals surface area contributed by atoms with Gasteiger partial charge in [0.05, 0.1) is 13.2 Å². The molecule has 3 heterocycles. The minimum atomic E-state index is 0.0303. The first kappa shape index (κ1) is 21.8. The molecule has 1 unspecified atom stereocenters. The molecule has 2 aliphatic rings. The number of thiophene rings is 1. The molecule has 0 saturated carbocycles. The molecule has 1 saturated heterocycles. The number of hydrogen-bond donors (Lipinski definition) is 1. The van der Waals surface area contributed by atoms with Crippen molar-refractivity contribution in [1.29, 1.82) is 0 Å². The molecule has 1 atom stereocenters. The van der Waals surface area contributed by atoms with Crippen LogP contribution in [-0.2, 0) is 22.5 Å². The quantitative estimate of drug-likeness (QED) is 0.586. The van der Waals surface area contributed by atoms with Crippen molar-refractivity contribution in [2.45, 2.75) is 39.3 Å². The molecule has 1 aromatic heterocycles. The van der Waals surface area contributed by atoms with Gasteiger partial charge in [-0.3, -0.25) is 9.79 Å². The first-order valence-corrected chi connectivity index (χ1v) is 11.9. The van der Waals surface area contributed by atoms with Gasteiger partial charge in [0.2, 0.25) is 5.91 Å². The fourth-order valence-corrected chi connectivity index (χ4v) is 5.34. The third kappa shape index (κ3) is 5.10. The second-order valence-electron chi connectivity index (χ2n) is 8.32. The van der Waals surface area contributed by atoms with Gasteiger partial charge in [-0.1, -0.05) is 23.8 Å². The van der Waals surface area contributed by atoms with E-state index in [-0.39, 0.29) is 12.0 Å². The maximum Gasteiger partial charge on any atom is 0.224 e. The lowest BCUT2D eigenvalue weighted by molar-refractivity contribution is -0.131. The first-order valence-electron chi connectivity index (χ1n) is 11.0. The Hall–Kier alpha value is -2.38. The number of amides is 1. The molecule has 2 aliphatic heterocycles. The zero-order valence-corrected chi connectivity index (χ0v) is 19.5. The highest BCUT2D eigenvalue weighted by molar-refractivity contribution is 7.10. The van der Waals surface area contributed by atoms with Gasteiger partial charge < -0.3 is 19.9 Å². The smallest absolute Gasteiger partial charge is 0.224 e. The third-order valence-corrected chi connectivity index (χ3v) is 7.16. The molecule has 0 radical (unpaired) electrons. The Balaban J connectivity index is 1.29. The maximum absolute atomic E-state index is 12.7. The molecule has 2 aromatic rings. The summed E-state index contributed by atoms with van der Waals surface area (Å²) in [4.78, 5) is 22.8. The predicted molar refractivity (Wildman–Crippen MR) is 126 cm³/mol. The molecular weight excluding hydrogens is 408 g/mol. The number of fused-ring (bicyclic) bond motifs is 1. The van der Waals surface area contributed by atoms with Crippen LogP contribution in [0.15, 0.2) is 34.6 Å². The summed E-state index contributed by atoms with van der Waals surface area (Å²) >= 11 is 1.80. The van der Waals surface area contributed by atoms with Crippen LogP contribution < -0.4 is 5.32 Å². The number of aliphatic imine (C=N–C) groups is 1. The number of morpholine rings is 1. The molecule has 1 fully saturated rings. The minimum Gasteiger partial charge on any atom is -0.370 e. The monoisotopic (exact) mass is 440 g/mol. The van der Waals surface area contributed by atoms with Gasteiger partial charge >= 0.3 is 0 Å². The molecule has 0 bridgehead atoms. The highest BCUT2D eigenvalue weighted by Gasteiger charge is 2.26. The number of ether oxygens (including phenoxy) is 1. The van der Waals surface area contributed by atoms with Crippen molar-refractivity contribution in [2.24, 2.45) is 4.99 Å². The van der Waals surface area contributed by atoms with Crippen LogP contribution in [0, 0.1) is 13.8 Å². The highest BCUT2D eigenvalue weighted by Crippen LogP contribution is 2.26. The van der Waals surface area contributed by atoms with E-state index in [2.05, 4.69) is 58.7 Å². The zero-order chi connectivity index (χ0) is 21.8. The lowest BCUT2D eigenvalue weighted by Gasteiger charge is -2.36. The van der Waals surface area contributed by atoms with Crippen molar-refractivity contribution < 1.29 is 9.53 Å². The van der Waals surface area contributed by atoms with Crippen molar-refractivity contribution in [3.8, 4) is 0 Å². The van der Waals surface area contributed by atoms with Gasteiger partial charge in [-0.2, -0.15) is 0 Å². The molecule has 0 spiro atoms. The standard InChI is InChI=1S/C24H32N4O2S/c1-17-4-5-20(18(2)14-17)21-16-28(11-12-30-21)24(25-3)26-9-6-23(29)27-10-7-22-19(15-27)8-13-31-22/h4-5,8,13-14,21H,6-7,9-12,15-16H2,1-3H3,(H,25,26). The van der Waals surface area contributed by atoms with Gasteiger partial charge in [-0.15, -0.1) is 11.3 Å². The average Bonchev–Trinajstić information content (AvgIpc) is 3.24. The molecule has 1 N–H and O–H groups in total. The summed E-state index contributed by atoms with van der Waals surface area (Å²) in [5.74, 6) is 1.04. The molecule has 7 heteroatoms. The second kappa shape index (κ2) is 9.83. The first-order chi connectivity index (χ1) is 15.0. The van der Waals surface area contributed by atoms with Gasteiger partial charge in [0.15, 0.2) is 5.96 Å². The van der Waals surface area contributed by atoms with E-state index in [1.807, 2.05) is 4.90 Å². The van der Waals surface area contributed by atoms with Crippen molar-refractivity contribution in [3.63, 3.8) is 0 Å². The van der Waals surface area contributed by atoms with Crippen LogP contribution in [0.5, 0.6) is 0 Å². The van der Waals surface area contributed by atoms with Crippen LogP contribution in [-0.4, -0.2) is 61.5 Å². The average molecular weight is 441 g/mol. The molecule has 1 amide bonds. The fourth-order valence-electron chi connectivity index (χ4n) is 4.45. The summed E-state index contributed by atoms with van der Waals surface area (Å²) < 4.78 is 6.07. The molecule has 0 aliphatic carbocycles. The number of benzene rings is 1. The lowest BCUT2D eigenvalue weighted by atomic mass is 10.00. The van der Waals surface area contributed by atoms with E-state index in [1.54, 1.807) is 18.4 Å². The van der Waals surface area contributed by atoms with Gasteiger partial charge in [0.25, 0.3) is 0 Å². The molecule has 6 nitrogen and oxygen atoms in total. The number of carbonyl (C=O) groups is 1. The second-order valence-corrected chi connectivity index (χ2v) is 9.32. The summed E-state index contributed by atoms with van der Waals surface area (Å²) in [6.07, 6.45) is 1.48. The van der Waals surface area contributed by atoms with Crippen molar-refractivity contribution in [1.82, 2.24) is 15.1 Å². The largest absolute Gasteiger partial charge is 0.370 e. The number of nitrogens with zero attached hydrogens (tertiary/aromatic N) is 3. The number of rotatable bonds is 4. The van der Waals surface area contributed by atoms with Crippen molar-refractivity contribution in [3.05, 3.63) is 56.8 Å². The number of carbonyl (C=O) groups excluding carboxylic acids is 1. The van der Waals surface area contributed by atoms with Gasteiger partial charge in [-0.05, 0) is 48.4 Å².